The fraction of sp³-hybridized carbons (Fsp3) is 0.417. The largest absolute Gasteiger partial charge is 0.497 e. The number of rotatable bonds is 4. The lowest BCUT2D eigenvalue weighted by Gasteiger charge is -2.07. The third-order valence-corrected chi connectivity index (χ3v) is 1.87. The smallest absolute Gasteiger partial charge is 0.310 e. The summed E-state index contributed by atoms with van der Waals surface area (Å²) in [5.41, 5.74) is 0.932. The molecule has 0 unspecified atom stereocenters. The maximum atomic E-state index is 11.3. The molecule has 0 aliphatic rings. The Labute approximate surface area is 90.0 Å². The molecule has 1 rings (SSSR count). The molecule has 0 aliphatic heterocycles. The van der Waals surface area contributed by atoms with Crippen molar-refractivity contribution in [1.82, 2.24) is 0 Å². The van der Waals surface area contributed by atoms with Gasteiger partial charge in [-0.3, -0.25) is 4.79 Å². The van der Waals surface area contributed by atoms with E-state index >= 15 is 0 Å². The Balaban J connectivity index is 2.53. The van der Waals surface area contributed by atoms with E-state index in [-0.39, 0.29) is 12.1 Å². The average molecular weight is 208 g/mol. The highest BCUT2D eigenvalue weighted by Crippen LogP contribution is 2.12. The number of esters is 1. The molecule has 0 radical (unpaired) electrons. The van der Waals surface area contributed by atoms with Gasteiger partial charge in [-0.2, -0.15) is 0 Å². The first kappa shape index (κ1) is 11.6. The summed E-state index contributed by atoms with van der Waals surface area (Å²) in [6.07, 6.45) is 0.248. The van der Waals surface area contributed by atoms with Crippen LogP contribution in [0.2, 0.25) is 0 Å². The summed E-state index contributed by atoms with van der Waals surface area (Å²) in [4.78, 5) is 11.3. The van der Waals surface area contributed by atoms with Crippen molar-refractivity contribution < 1.29 is 14.3 Å². The van der Waals surface area contributed by atoms with Gasteiger partial charge in [-0.05, 0) is 31.5 Å². The van der Waals surface area contributed by atoms with Crippen LogP contribution >= 0.6 is 0 Å². The molecule has 82 valence electrons. The molecular weight excluding hydrogens is 192 g/mol. The molecule has 0 fully saturated rings. The average Bonchev–Trinajstić information content (AvgIpc) is 2.17. The fourth-order valence-electron chi connectivity index (χ4n) is 1.21. The zero-order valence-electron chi connectivity index (χ0n) is 9.32. The number of methoxy groups -OCH3 is 1. The van der Waals surface area contributed by atoms with Crippen LogP contribution in [-0.2, 0) is 16.0 Å². The molecule has 0 N–H and O–H groups in total. The standard InChI is InChI=1S/C12H16O3/c1-9(2)15-12(13)8-10-4-6-11(14-3)7-5-10/h4-7,9H,8H2,1-3H3. The Kier molecular flexibility index (Phi) is 4.16. The second-order valence-electron chi connectivity index (χ2n) is 3.56. The van der Waals surface area contributed by atoms with Crippen LogP contribution in [0.5, 0.6) is 5.75 Å². The van der Waals surface area contributed by atoms with Crippen molar-refractivity contribution in [2.45, 2.75) is 26.4 Å². The van der Waals surface area contributed by atoms with E-state index in [1.807, 2.05) is 38.1 Å². The third kappa shape index (κ3) is 4.02. The Morgan fingerprint density at radius 1 is 1.27 bits per heavy atom. The van der Waals surface area contributed by atoms with Crippen LogP contribution in [0, 0.1) is 0 Å². The Morgan fingerprint density at radius 3 is 2.33 bits per heavy atom. The fourth-order valence-corrected chi connectivity index (χ4v) is 1.21. The van der Waals surface area contributed by atoms with Gasteiger partial charge in [0.1, 0.15) is 5.75 Å². The van der Waals surface area contributed by atoms with Crippen molar-refractivity contribution in [2.75, 3.05) is 7.11 Å². The topological polar surface area (TPSA) is 35.5 Å². The summed E-state index contributed by atoms with van der Waals surface area (Å²) in [6, 6.07) is 7.39. The summed E-state index contributed by atoms with van der Waals surface area (Å²) in [5.74, 6) is 0.589. The highest BCUT2D eigenvalue weighted by atomic mass is 16.5. The normalized spacial score (nSPS) is 10.1. The molecule has 0 atom stereocenters. The predicted octanol–water partition coefficient (Wildman–Crippen LogP) is 2.19. The van der Waals surface area contributed by atoms with Crippen molar-refractivity contribution in [3.05, 3.63) is 29.8 Å². The van der Waals surface area contributed by atoms with Crippen molar-refractivity contribution >= 4 is 5.97 Å². The first-order chi connectivity index (χ1) is 7.11. The van der Waals surface area contributed by atoms with Gasteiger partial charge in [-0.1, -0.05) is 12.1 Å². The highest BCUT2D eigenvalue weighted by Gasteiger charge is 2.06. The molecule has 3 nitrogen and oxygen atoms in total. The molecule has 0 aromatic heterocycles. The van der Waals surface area contributed by atoms with E-state index in [9.17, 15) is 4.79 Å². The maximum absolute atomic E-state index is 11.3. The summed E-state index contributed by atoms with van der Waals surface area (Å²) < 4.78 is 10.1. The van der Waals surface area contributed by atoms with Crippen LogP contribution in [-0.4, -0.2) is 19.2 Å². The molecule has 0 saturated heterocycles. The van der Waals surface area contributed by atoms with Gasteiger partial charge in [-0.25, -0.2) is 0 Å². The van der Waals surface area contributed by atoms with E-state index in [1.54, 1.807) is 7.11 Å². The molecule has 0 heterocycles. The quantitative estimate of drug-likeness (QED) is 0.711. The SMILES string of the molecule is COc1ccc(CC(=O)OC(C)C)cc1. The zero-order chi connectivity index (χ0) is 11.3. The summed E-state index contributed by atoms with van der Waals surface area (Å²) in [5, 5.41) is 0. The second-order valence-corrected chi connectivity index (χ2v) is 3.56. The minimum atomic E-state index is -0.199. The van der Waals surface area contributed by atoms with Crippen molar-refractivity contribution in [3.63, 3.8) is 0 Å². The molecule has 0 bridgehead atoms. The summed E-state index contributed by atoms with van der Waals surface area (Å²) in [6.45, 7) is 3.68. The van der Waals surface area contributed by atoms with Gasteiger partial charge in [0.05, 0.1) is 19.6 Å². The molecule has 0 amide bonds. The van der Waals surface area contributed by atoms with Gasteiger partial charge in [0.15, 0.2) is 0 Å². The van der Waals surface area contributed by atoms with Gasteiger partial charge >= 0.3 is 5.97 Å². The monoisotopic (exact) mass is 208 g/mol. The van der Waals surface area contributed by atoms with Crippen molar-refractivity contribution in [2.24, 2.45) is 0 Å². The van der Waals surface area contributed by atoms with Gasteiger partial charge in [0.2, 0.25) is 0 Å². The van der Waals surface area contributed by atoms with Gasteiger partial charge in [0.25, 0.3) is 0 Å². The lowest BCUT2D eigenvalue weighted by atomic mass is 10.1. The maximum Gasteiger partial charge on any atom is 0.310 e. The van der Waals surface area contributed by atoms with E-state index < -0.39 is 0 Å². The molecular formula is C12H16O3. The third-order valence-electron chi connectivity index (χ3n) is 1.87. The molecule has 1 aromatic carbocycles. The highest BCUT2D eigenvalue weighted by molar-refractivity contribution is 5.72. The summed E-state index contributed by atoms with van der Waals surface area (Å²) in [7, 11) is 1.61. The molecule has 3 heteroatoms. The zero-order valence-corrected chi connectivity index (χ0v) is 9.32. The first-order valence-corrected chi connectivity index (χ1v) is 4.94. The lowest BCUT2D eigenvalue weighted by Crippen LogP contribution is -2.13. The number of benzene rings is 1. The Morgan fingerprint density at radius 2 is 1.87 bits per heavy atom. The van der Waals surface area contributed by atoms with Gasteiger partial charge < -0.3 is 9.47 Å². The summed E-state index contributed by atoms with van der Waals surface area (Å²) >= 11 is 0. The van der Waals surface area contributed by atoms with Gasteiger partial charge in [0, 0.05) is 0 Å². The molecule has 0 aliphatic carbocycles. The first-order valence-electron chi connectivity index (χ1n) is 4.94. The van der Waals surface area contributed by atoms with E-state index in [4.69, 9.17) is 9.47 Å². The molecule has 1 aromatic rings. The van der Waals surface area contributed by atoms with E-state index in [1.165, 1.54) is 0 Å². The Hall–Kier alpha value is -1.51. The predicted molar refractivity (Wildman–Crippen MR) is 57.9 cm³/mol. The molecule has 0 saturated carbocycles. The van der Waals surface area contributed by atoms with Crippen LogP contribution in [0.15, 0.2) is 24.3 Å². The van der Waals surface area contributed by atoms with E-state index in [2.05, 4.69) is 0 Å². The van der Waals surface area contributed by atoms with Crippen LogP contribution in [0.25, 0.3) is 0 Å². The van der Waals surface area contributed by atoms with Gasteiger partial charge in [-0.15, -0.1) is 0 Å². The lowest BCUT2D eigenvalue weighted by molar-refractivity contribution is -0.146. The minimum absolute atomic E-state index is 0.0595. The van der Waals surface area contributed by atoms with Crippen molar-refractivity contribution in [1.29, 1.82) is 0 Å². The van der Waals surface area contributed by atoms with Crippen LogP contribution in [0.3, 0.4) is 0 Å². The van der Waals surface area contributed by atoms with Crippen molar-refractivity contribution in [3.8, 4) is 5.75 Å². The number of hydrogen-bond acceptors (Lipinski definition) is 3. The van der Waals surface area contributed by atoms with E-state index in [0.717, 1.165) is 11.3 Å². The van der Waals surface area contributed by atoms with Crippen LogP contribution in [0.4, 0.5) is 0 Å². The molecule has 15 heavy (non-hydrogen) atoms. The van der Waals surface area contributed by atoms with Crippen LogP contribution in [0.1, 0.15) is 19.4 Å². The minimum Gasteiger partial charge on any atom is -0.497 e. The number of ether oxygens (including phenoxy) is 2. The van der Waals surface area contributed by atoms with Crippen LogP contribution < -0.4 is 4.74 Å². The molecule has 0 spiro atoms. The number of carbonyl (C=O) groups excluding carboxylic acids is 1. The number of hydrogen-bond donors (Lipinski definition) is 0. The second kappa shape index (κ2) is 5.39. The van der Waals surface area contributed by atoms with E-state index in [0.29, 0.717) is 6.42 Å². The number of carbonyl (C=O) groups is 1. The Bertz CT molecular complexity index is 314.